The third-order valence-corrected chi connectivity index (χ3v) is 4.15. The molecule has 0 fully saturated rings. The van der Waals surface area contributed by atoms with E-state index in [0.29, 0.717) is 17.4 Å². The van der Waals surface area contributed by atoms with Crippen molar-refractivity contribution in [1.82, 2.24) is 14.9 Å². The number of nitrogens with zero attached hydrogens (tertiary/aromatic N) is 3. The van der Waals surface area contributed by atoms with Crippen LogP contribution in [0.5, 0.6) is 0 Å². The third-order valence-electron chi connectivity index (χ3n) is 2.93. The van der Waals surface area contributed by atoms with E-state index in [-0.39, 0.29) is 5.91 Å². The van der Waals surface area contributed by atoms with Crippen molar-refractivity contribution in [1.29, 1.82) is 0 Å². The van der Waals surface area contributed by atoms with Crippen molar-refractivity contribution >= 4 is 28.8 Å². The summed E-state index contributed by atoms with van der Waals surface area (Å²) in [5.74, 6) is -0.0870. The molecule has 1 amide bonds. The first-order chi connectivity index (χ1) is 8.74. The van der Waals surface area contributed by atoms with Gasteiger partial charge in [0, 0.05) is 18.0 Å². The zero-order chi connectivity index (χ0) is 12.5. The Morgan fingerprint density at radius 2 is 2.28 bits per heavy atom. The number of fused-ring (bicyclic) bond motifs is 1. The molecule has 1 aliphatic rings. The van der Waals surface area contributed by atoms with Crippen molar-refractivity contribution in [3.63, 3.8) is 0 Å². The van der Waals surface area contributed by atoms with Crippen molar-refractivity contribution in [2.75, 3.05) is 6.54 Å². The van der Waals surface area contributed by atoms with Gasteiger partial charge in [0.1, 0.15) is 10.8 Å². The summed E-state index contributed by atoms with van der Waals surface area (Å²) in [6.07, 6.45) is 3.74. The highest BCUT2D eigenvalue weighted by Crippen LogP contribution is 2.24. The summed E-state index contributed by atoms with van der Waals surface area (Å²) in [5, 5.41) is 2.37. The first-order valence-electron chi connectivity index (χ1n) is 5.56. The van der Waals surface area contributed by atoms with Crippen LogP contribution in [0.2, 0.25) is 5.15 Å². The summed E-state index contributed by atoms with van der Waals surface area (Å²) in [4.78, 5) is 23.3. The molecular formula is C12H10ClN3OS. The quantitative estimate of drug-likeness (QED) is 0.805. The summed E-state index contributed by atoms with van der Waals surface area (Å²) < 4.78 is 0. The highest BCUT2D eigenvalue weighted by Gasteiger charge is 2.23. The van der Waals surface area contributed by atoms with Crippen molar-refractivity contribution in [3.8, 4) is 0 Å². The molecule has 2 aromatic rings. The summed E-state index contributed by atoms with van der Waals surface area (Å²) >= 11 is 7.41. The SMILES string of the molecule is O=C(c1cnc(Cl)cn1)N1CCc2sccc2C1. The van der Waals surface area contributed by atoms with Crippen molar-refractivity contribution < 1.29 is 4.79 Å². The summed E-state index contributed by atoms with van der Waals surface area (Å²) in [6.45, 7) is 1.39. The zero-order valence-corrected chi connectivity index (χ0v) is 11.0. The van der Waals surface area contributed by atoms with Crippen molar-refractivity contribution in [2.45, 2.75) is 13.0 Å². The fraction of sp³-hybridized carbons (Fsp3) is 0.250. The Morgan fingerprint density at radius 3 is 3.06 bits per heavy atom. The maximum absolute atomic E-state index is 12.2. The molecule has 1 aliphatic heterocycles. The Balaban J connectivity index is 1.80. The Kier molecular flexibility index (Phi) is 3.01. The maximum Gasteiger partial charge on any atom is 0.274 e. The Hall–Kier alpha value is -1.46. The number of thiophene rings is 1. The lowest BCUT2D eigenvalue weighted by molar-refractivity contribution is 0.0729. The first kappa shape index (κ1) is 11.6. The normalized spacial score (nSPS) is 14.4. The van der Waals surface area contributed by atoms with Gasteiger partial charge in [-0.25, -0.2) is 9.97 Å². The van der Waals surface area contributed by atoms with E-state index >= 15 is 0 Å². The van der Waals surface area contributed by atoms with Gasteiger partial charge >= 0.3 is 0 Å². The fourth-order valence-electron chi connectivity index (χ4n) is 2.01. The second-order valence-corrected chi connectivity index (χ2v) is 5.46. The van der Waals surface area contributed by atoms with Gasteiger partial charge in [-0.05, 0) is 23.4 Å². The van der Waals surface area contributed by atoms with E-state index in [9.17, 15) is 4.79 Å². The van der Waals surface area contributed by atoms with Crippen molar-refractivity contribution in [2.24, 2.45) is 0 Å². The maximum atomic E-state index is 12.2. The number of carbonyl (C=O) groups excluding carboxylic acids is 1. The predicted molar refractivity (Wildman–Crippen MR) is 69.8 cm³/mol. The van der Waals surface area contributed by atoms with Crippen LogP contribution in [0, 0.1) is 0 Å². The average molecular weight is 280 g/mol. The third kappa shape index (κ3) is 2.11. The van der Waals surface area contributed by atoms with Crippen LogP contribution in [-0.4, -0.2) is 27.3 Å². The second-order valence-electron chi connectivity index (χ2n) is 4.07. The summed E-state index contributed by atoms with van der Waals surface area (Å²) in [7, 11) is 0. The Labute approximate surface area is 113 Å². The van der Waals surface area contributed by atoms with E-state index in [1.54, 1.807) is 16.2 Å². The molecule has 0 atom stereocenters. The molecule has 2 aromatic heterocycles. The molecule has 3 heterocycles. The molecule has 0 aliphatic carbocycles. The van der Waals surface area contributed by atoms with Crippen LogP contribution in [0.25, 0.3) is 0 Å². The van der Waals surface area contributed by atoms with Gasteiger partial charge in [0.2, 0.25) is 0 Å². The van der Waals surface area contributed by atoms with Crippen LogP contribution in [0.4, 0.5) is 0 Å². The number of carbonyl (C=O) groups is 1. The van der Waals surface area contributed by atoms with Gasteiger partial charge in [0.15, 0.2) is 0 Å². The lowest BCUT2D eigenvalue weighted by Gasteiger charge is -2.26. The number of rotatable bonds is 1. The van der Waals surface area contributed by atoms with Gasteiger partial charge in [0.25, 0.3) is 5.91 Å². The van der Waals surface area contributed by atoms with Crippen LogP contribution in [-0.2, 0) is 13.0 Å². The predicted octanol–water partition coefficient (Wildman–Crippen LogP) is 2.39. The van der Waals surface area contributed by atoms with Gasteiger partial charge in [-0.3, -0.25) is 4.79 Å². The molecule has 0 spiro atoms. The molecule has 18 heavy (non-hydrogen) atoms. The summed E-state index contributed by atoms with van der Waals surface area (Å²) in [5.41, 5.74) is 1.58. The molecule has 0 radical (unpaired) electrons. The molecule has 0 N–H and O–H groups in total. The largest absolute Gasteiger partial charge is 0.333 e. The number of amides is 1. The minimum atomic E-state index is -0.0870. The van der Waals surface area contributed by atoms with Crippen LogP contribution in [0.15, 0.2) is 23.8 Å². The minimum absolute atomic E-state index is 0.0870. The van der Waals surface area contributed by atoms with Crippen LogP contribution < -0.4 is 0 Å². The van der Waals surface area contributed by atoms with Gasteiger partial charge in [-0.1, -0.05) is 11.6 Å². The second kappa shape index (κ2) is 4.66. The molecule has 0 bridgehead atoms. The van der Waals surface area contributed by atoms with Crippen LogP contribution >= 0.6 is 22.9 Å². The van der Waals surface area contributed by atoms with Crippen LogP contribution in [0.3, 0.4) is 0 Å². The number of halogens is 1. The van der Waals surface area contributed by atoms with E-state index in [1.165, 1.54) is 22.8 Å². The number of aromatic nitrogens is 2. The van der Waals surface area contributed by atoms with Gasteiger partial charge in [-0.2, -0.15) is 0 Å². The molecule has 0 saturated heterocycles. The first-order valence-corrected chi connectivity index (χ1v) is 6.82. The number of hydrogen-bond acceptors (Lipinski definition) is 4. The van der Waals surface area contributed by atoms with Gasteiger partial charge < -0.3 is 4.90 Å². The molecule has 92 valence electrons. The average Bonchev–Trinajstić information content (AvgIpc) is 2.86. The smallest absolute Gasteiger partial charge is 0.274 e. The van der Waals surface area contributed by atoms with E-state index in [0.717, 1.165) is 13.0 Å². The van der Waals surface area contributed by atoms with E-state index in [2.05, 4.69) is 21.4 Å². The minimum Gasteiger partial charge on any atom is -0.333 e. The lowest BCUT2D eigenvalue weighted by Crippen LogP contribution is -2.35. The monoisotopic (exact) mass is 279 g/mol. The molecule has 0 aromatic carbocycles. The standard InChI is InChI=1S/C12H10ClN3OS/c13-11-6-14-9(5-15-11)12(17)16-3-1-10-8(7-16)2-4-18-10/h2,4-6H,1,3,7H2. The topological polar surface area (TPSA) is 46.1 Å². The molecular weight excluding hydrogens is 270 g/mol. The molecule has 3 rings (SSSR count). The lowest BCUT2D eigenvalue weighted by atomic mass is 10.1. The summed E-state index contributed by atoms with van der Waals surface area (Å²) in [6, 6.07) is 2.08. The number of hydrogen-bond donors (Lipinski definition) is 0. The van der Waals surface area contributed by atoms with Gasteiger partial charge in [0.05, 0.1) is 12.4 Å². The molecule has 4 nitrogen and oxygen atoms in total. The molecule has 6 heteroatoms. The van der Waals surface area contributed by atoms with Crippen molar-refractivity contribution in [3.05, 3.63) is 45.1 Å². The molecule has 0 saturated carbocycles. The zero-order valence-electron chi connectivity index (χ0n) is 9.47. The Bertz CT molecular complexity index is 581. The highest BCUT2D eigenvalue weighted by atomic mass is 35.5. The van der Waals surface area contributed by atoms with E-state index in [1.807, 2.05) is 0 Å². The molecule has 0 unspecified atom stereocenters. The van der Waals surface area contributed by atoms with Crippen LogP contribution in [0.1, 0.15) is 20.9 Å². The van der Waals surface area contributed by atoms with Gasteiger partial charge in [-0.15, -0.1) is 11.3 Å². The Morgan fingerprint density at radius 1 is 1.39 bits per heavy atom. The fourth-order valence-corrected chi connectivity index (χ4v) is 2.99. The highest BCUT2D eigenvalue weighted by molar-refractivity contribution is 7.10. The van der Waals surface area contributed by atoms with E-state index in [4.69, 9.17) is 11.6 Å². The van der Waals surface area contributed by atoms with E-state index < -0.39 is 0 Å².